The highest BCUT2D eigenvalue weighted by Crippen LogP contribution is 2.11. The fraction of sp³-hybridized carbons (Fsp3) is 0.357. The average molecular weight is 308 g/mol. The van der Waals surface area contributed by atoms with Crippen LogP contribution in [0.5, 0.6) is 0 Å². The summed E-state index contributed by atoms with van der Waals surface area (Å²) in [5.41, 5.74) is 1.84. The van der Waals surface area contributed by atoms with Crippen molar-refractivity contribution < 1.29 is 8.42 Å². The smallest absolute Gasteiger partial charge is 0.240 e. The Hall–Kier alpha value is -1.70. The lowest BCUT2D eigenvalue weighted by Gasteiger charge is -2.09. The van der Waals surface area contributed by atoms with Gasteiger partial charge >= 0.3 is 0 Å². The van der Waals surface area contributed by atoms with E-state index in [1.807, 2.05) is 12.1 Å². The molecule has 21 heavy (non-hydrogen) atoms. The molecule has 0 spiro atoms. The third-order valence-corrected chi connectivity index (χ3v) is 4.39. The van der Waals surface area contributed by atoms with Crippen molar-refractivity contribution in [2.45, 2.75) is 37.9 Å². The Morgan fingerprint density at radius 3 is 2.43 bits per heavy atom. The van der Waals surface area contributed by atoms with Crippen LogP contribution < -0.4 is 10.0 Å². The van der Waals surface area contributed by atoms with Gasteiger partial charge in [-0.05, 0) is 17.7 Å². The van der Waals surface area contributed by atoms with Gasteiger partial charge in [0.2, 0.25) is 10.0 Å². The van der Waals surface area contributed by atoms with Crippen LogP contribution in [0.15, 0.2) is 41.6 Å². The maximum Gasteiger partial charge on any atom is 0.240 e. The van der Waals surface area contributed by atoms with Crippen LogP contribution in [0.25, 0.3) is 0 Å². The molecule has 0 fully saturated rings. The molecule has 6 nitrogen and oxygen atoms in total. The number of aromatic nitrogens is 2. The van der Waals surface area contributed by atoms with E-state index in [9.17, 15) is 8.42 Å². The number of hydrogen-bond acceptors (Lipinski definition) is 4. The summed E-state index contributed by atoms with van der Waals surface area (Å²) in [6.07, 6.45) is 3.24. The zero-order valence-corrected chi connectivity index (χ0v) is 12.9. The van der Waals surface area contributed by atoms with Crippen LogP contribution in [0.3, 0.4) is 0 Å². The summed E-state index contributed by atoms with van der Waals surface area (Å²) in [5, 5.41) is 9.71. The zero-order chi connectivity index (χ0) is 15.3. The molecular weight excluding hydrogens is 288 g/mol. The molecule has 0 saturated heterocycles. The molecule has 0 aliphatic rings. The molecule has 3 N–H and O–H groups in total. The number of hydrogen-bond donors (Lipinski definition) is 3. The lowest BCUT2D eigenvalue weighted by atomic mass is 10.2. The number of rotatable bonds is 7. The van der Waals surface area contributed by atoms with Crippen molar-refractivity contribution in [2.24, 2.45) is 0 Å². The molecule has 2 aromatic rings. The number of H-pyrrole nitrogens is 1. The topological polar surface area (TPSA) is 86.9 Å². The second kappa shape index (κ2) is 6.84. The minimum atomic E-state index is -3.50. The number of sulfonamides is 1. The largest absolute Gasteiger partial charge is 0.310 e. The maximum absolute atomic E-state index is 12.1. The zero-order valence-electron chi connectivity index (χ0n) is 12.1. The molecule has 7 heteroatoms. The van der Waals surface area contributed by atoms with Gasteiger partial charge in [-0.25, -0.2) is 13.1 Å². The van der Waals surface area contributed by atoms with Gasteiger partial charge in [0.15, 0.2) is 0 Å². The van der Waals surface area contributed by atoms with Crippen LogP contribution in [-0.4, -0.2) is 24.7 Å². The summed E-state index contributed by atoms with van der Waals surface area (Å²) in [6, 6.07) is 7.28. The lowest BCUT2D eigenvalue weighted by molar-refractivity contribution is 0.580. The molecule has 0 aliphatic carbocycles. The Labute approximate surface area is 125 Å². The second-order valence-corrected chi connectivity index (χ2v) is 6.88. The van der Waals surface area contributed by atoms with Gasteiger partial charge in [0.05, 0.1) is 11.1 Å². The summed E-state index contributed by atoms with van der Waals surface area (Å²) in [4.78, 5) is 0.263. The monoisotopic (exact) mass is 308 g/mol. The maximum atomic E-state index is 12.1. The molecule has 2 rings (SSSR count). The van der Waals surface area contributed by atoms with Gasteiger partial charge in [-0.1, -0.05) is 26.0 Å². The first-order valence-electron chi connectivity index (χ1n) is 6.77. The molecule has 0 aliphatic heterocycles. The molecule has 1 heterocycles. The third kappa shape index (κ3) is 4.66. The van der Waals surface area contributed by atoms with Gasteiger partial charge in [-0.2, -0.15) is 5.10 Å². The number of benzene rings is 1. The van der Waals surface area contributed by atoms with E-state index in [2.05, 4.69) is 34.1 Å². The van der Waals surface area contributed by atoms with Gasteiger partial charge in [-0.15, -0.1) is 0 Å². The molecule has 0 amide bonds. The number of nitrogens with zero attached hydrogens (tertiary/aromatic N) is 1. The molecule has 0 unspecified atom stereocenters. The van der Waals surface area contributed by atoms with E-state index in [0.717, 1.165) is 17.7 Å². The summed E-state index contributed by atoms with van der Waals surface area (Å²) in [5.74, 6) is 0. The molecule has 114 valence electrons. The first-order chi connectivity index (χ1) is 9.97. The molecular formula is C14H20N4O2S. The van der Waals surface area contributed by atoms with Crippen LogP contribution >= 0.6 is 0 Å². The van der Waals surface area contributed by atoms with Gasteiger partial charge in [0.1, 0.15) is 0 Å². The van der Waals surface area contributed by atoms with Crippen molar-refractivity contribution in [2.75, 3.05) is 0 Å². The molecule has 1 aromatic heterocycles. The van der Waals surface area contributed by atoms with Crippen LogP contribution in [0.4, 0.5) is 0 Å². The highest BCUT2D eigenvalue weighted by molar-refractivity contribution is 7.89. The van der Waals surface area contributed by atoms with Crippen LogP contribution in [-0.2, 0) is 23.1 Å². The van der Waals surface area contributed by atoms with E-state index in [4.69, 9.17) is 0 Å². The predicted molar refractivity (Wildman–Crippen MR) is 81.0 cm³/mol. The quantitative estimate of drug-likeness (QED) is 0.721. The summed E-state index contributed by atoms with van der Waals surface area (Å²) >= 11 is 0. The standard InChI is InChI=1S/C14H20N4O2S/c1-11(2)15-7-12-3-5-14(6-4-12)21(19,20)18-10-13-8-16-17-9-13/h3-6,8-9,11,15,18H,7,10H2,1-2H3,(H,16,17). The first-order valence-corrected chi connectivity index (χ1v) is 8.25. The number of nitrogens with one attached hydrogen (secondary N) is 3. The SMILES string of the molecule is CC(C)NCc1ccc(S(=O)(=O)NCc2cn[nH]c2)cc1. The molecule has 1 aromatic carbocycles. The van der Waals surface area contributed by atoms with Gasteiger partial charge in [0.25, 0.3) is 0 Å². The van der Waals surface area contributed by atoms with Crippen molar-refractivity contribution in [3.8, 4) is 0 Å². The summed E-state index contributed by atoms with van der Waals surface area (Å²) in [6.45, 7) is 5.08. The van der Waals surface area contributed by atoms with E-state index >= 15 is 0 Å². The van der Waals surface area contributed by atoms with Crippen LogP contribution in [0.1, 0.15) is 25.0 Å². The van der Waals surface area contributed by atoms with Crippen LogP contribution in [0.2, 0.25) is 0 Å². The van der Waals surface area contributed by atoms with Crippen molar-refractivity contribution in [1.29, 1.82) is 0 Å². The molecule has 0 atom stereocenters. The van der Waals surface area contributed by atoms with Crippen molar-refractivity contribution in [3.05, 3.63) is 47.8 Å². The fourth-order valence-electron chi connectivity index (χ4n) is 1.74. The van der Waals surface area contributed by atoms with Gasteiger partial charge in [-0.3, -0.25) is 5.10 Å². The second-order valence-electron chi connectivity index (χ2n) is 5.11. The van der Waals surface area contributed by atoms with E-state index < -0.39 is 10.0 Å². The Morgan fingerprint density at radius 2 is 1.86 bits per heavy atom. The fourth-order valence-corrected chi connectivity index (χ4v) is 2.76. The highest BCUT2D eigenvalue weighted by atomic mass is 32.2. The summed E-state index contributed by atoms with van der Waals surface area (Å²) in [7, 11) is -3.50. The van der Waals surface area contributed by atoms with E-state index in [0.29, 0.717) is 6.04 Å². The Morgan fingerprint density at radius 1 is 1.14 bits per heavy atom. The predicted octanol–water partition coefficient (Wildman–Crippen LogP) is 1.39. The van der Waals surface area contributed by atoms with Crippen molar-refractivity contribution >= 4 is 10.0 Å². The molecule has 0 radical (unpaired) electrons. The Bertz CT molecular complexity index is 649. The minimum absolute atomic E-state index is 0.218. The minimum Gasteiger partial charge on any atom is -0.310 e. The lowest BCUT2D eigenvalue weighted by Crippen LogP contribution is -2.23. The third-order valence-electron chi connectivity index (χ3n) is 2.97. The van der Waals surface area contributed by atoms with Crippen molar-refractivity contribution in [3.63, 3.8) is 0 Å². The van der Waals surface area contributed by atoms with E-state index in [1.165, 1.54) is 0 Å². The van der Waals surface area contributed by atoms with E-state index in [1.54, 1.807) is 24.5 Å². The Kier molecular flexibility index (Phi) is 5.11. The molecule has 0 bridgehead atoms. The Balaban J connectivity index is 1.99. The van der Waals surface area contributed by atoms with Gasteiger partial charge in [0, 0.05) is 30.9 Å². The molecule has 0 saturated carbocycles. The normalized spacial score (nSPS) is 12.0. The van der Waals surface area contributed by atoms with Crippen LogP contribution in [0, 0.1) is 0 Å². The summed E-state index contributed by atoms with van der Waals surface area (Å²) < 4.78 is 26.8. The van der Waals surface area contributed by atoms with E-state index in [-0.39, 0.29) is 11.4 Å². The average Bonchev–Trinajstić information content (AvgIpc) is 2.97. The number of aromatic amines is 1. The highest BCUT2D eigenvalue weighted by Gasteiger charge is 2.13. The van der Waals surface area contributed by atoms with Crippen molar-refractivity contribution in [1.82, 2.24) is 20.2 Å². The first kappa shape index (κ1) is 15.7. The van der Waals surface area contributed by atoms with Gasteiger partial charge < -0.3 is 5.32 Å².